The van der Waals surface area contributed by atoms with Crippen LogP contribution in [0.2, 0.25) is 0 Å². The lowest BCUT2D eigenvalue weighted by Gasteiger charge is -2.15. The summed E-state index contributed by atoms with van der Waals surface area (Å²) < 4.78 is 28.6. The summed E-state index contributed by atoms with van der Waals surface area (Å²) in [6.07, 6.45) is 1.18. The minimum absolute atomic E-state index is 0.00370. The van der Waals surface area contributed by atoms with E-state index < -0.39 is 23.3 Å². The Morgan fingerprint density at radius 1 is 1.31 bits per heavy atom. The fourth-order valence-corrected chi connectivity index (χ4v) is 2.62. The highest BCUT2D eigenvalue weighted by molar-refractivity contribution is 5.78. The van der Waals surface area contributed by atoms with Crippen LogP contribution in [0.25, 0.3) is 16.6 Å². The minimum atomic E-state index is -1.22. The standard InChI is InChI=1S/C17H14F2N4O3/c1-9-12(19)7-20-8-14(9)23-15(4-5-21-17(25)26)22-13-3-2-10(18)6-11(13)16(23)24/h2-3,6-8,21H,4-5H2,1H3,(H,25,26). The molecule has 0 aliphatic carbocycles. The minimum Gasteiger partial charge on any atom is -0.465 e. The number of nitrogens with zero attached hydrogens (tertiary/aromatic N) is 3. The largest absolute Gasteiger partial charge is 0.465 e. The Bertz CT molecular complexity index is 1070. The molecule has 0 saturated heterocycles. The van der Waals surface area contributed by atoms with Gasteiger partial charge in [0.1, 0.15) is 17.5 Å². The van der Waals surface area contributed by atoms with Crippen LogP contribution < -0.4 is 10.9 Å². The molecule has 0 radical (unpaired) electrons. The van der Waals surface area contributed by atoms with Crippen molar-refractivity contribution in [3.63, 3.8) is 0 Å². The van der Waals surface area contributed by atoms with E-state index in [0.717, 1.165) is 16.8 Å². The van der Waals surface area contributed by atoms with E-state index in [0.29, 0.717) is 0 Å². The van der Waals surface area contributed by atoms with Crippen LogP contribution in [-0.4, -0.2) is 32.3 Å². The van der Waals surface area contributed by atoms with Gasteiger partial charge in [0.2, 0.25) is 0 Å². The number of amides is 1. The van der Waals surface area contributed by atoms with E-state index in [1.807, 2.05) is 0 Å². The summed E-state index contributed by atoms with van der Waals surface area (Å²) in [7, 11) is 0. The van der Waals surface area contributed by atoms with Crippen molar-refractivity contribution in [2.24, 2.45) is 0 Å². The first kappa shape index (κ1) is 17.5. The number of aromatic nitrogens is 3. The van der Waals surface area contributed by atoms with Crippen molar-refractivity contribution in [1.29, 1.82) is 0 Å². The molecule has 2 aromatic heterocycles. The Morgan fingerprint density at radius 2 is 2.08 bits per heavy atom. The second kappa shape index (κ2) is 6.87. The summed E-state index contributed by atoms with van der Waals surface area (Å²) in [6, 6.07) is 3.59. The molecule has 2 heterocycles. The molecule has 0 atom stereocenters. The lowest BCUT2D eigenvalue weighted by molar-refractivity contribution is 0.194. The third kappa shape index (κ3) is 3.23. The highest BCUT2D eigenvalue weighted by Gasteiger charge is 2.17. The lowest BCUT2D eigenvalue weighted by Crippen LogP contribution is -2.29. The van der Waals surface area contributed by atoms with E-state index >= 15 is 0 Å². The van der Waals surface area contributed by atoms with Gasteiger partial charge >= 0.3 is 6.09 Å². The second-order valence-electron chi connectivity index (χ2n) is 5.58. The van der Waals surface area contributed by atoms with Gasteiger partial charge in [-0.3, -0.25) is 14.3 Å². The maximum atomic E-state index is 13.9. The fraction of sp³-hybridized carbons (Fsp3) is 0.176. The number of rotatable bonds is 4. The van der Waals surface area contributed by atoms with Gasteiger partial charge in [0.25, 0.3) is 5.56 Å². The van der Waals surface area contributed by atoms with Crippen molar-refractivity contribution in [3.05, 3.63) is 64.0 Å². The van der Waals surface area contributed by atoms with Crippen LogP contribution in [0.1, 0.15) is 11.4 Å². The number of carbonyl (C=O) groups is 1. The Labute approximate surface area is 145 Å². The Balaban J connectivity index is 2.26. The summed E-state index contributed by atoms with van der Waals surface area (Å²) in [6.45, 7) is 1.48. The number of hydrogen-bond acceptors (Lipinski definition) is 4. The monoisotopic (exact) mass is 360 g/mol. The number of hydrogen-bond donors (Lipinski definition) is 2. The van der Waals surface area contributed by atoms with Gasteiger partial charge in [-0.15, -0.1) is 0 Å². The molecule has 7 nitrogen and oxygen atoms in total. The zero-order valence-corrected chi connectivity index (χ0v) is 13.7. The molecule has 0 aliphatic rings. The number of benzene rings is 1. The van der Waals surface area contributed by atoms with Gasteiger partial charge in [-0.1, -0.05) is 0 Å². The van der Waals surface area contributed by atoms with Crippen molar-refractivity contribution in [2.45, 2.75) is 13.3 Å². The van der Waals surface area contributed by atoms with Crippen LogP contribution in [0.15, 0.2) is 35.4 Å². The van der Waals surface area contributed by atoms with Crippen molar-refractivity contribution in [2.75, 3.05) is 6.54 Å². The lowest BCUT2D eigenvalue weighted by atomic mass is 10.2. The molecule has 26 heavy (non-hydrogen) atoms. The van der Waals surface area contributed by atoms with E-state index in [-0.39, 0.29) is 40.9 Å². The second-order valence-corrected chi connectivity index (χ2v) is 5.58. The SMILES string of the molecule is Cc1c(F)cncc1-n1c(CCNC(=O)O)nc2ccc(F)cc2c1=O. The third-order valence-corrected chi connectivity index (χ3v) is 3.89. The van der Waals surface area contributed by atoms with Gasteiger partial charge in [0, 0.05) is 18.5 Å². The molecule has 0 bridgehead atoms. The molecule has 1 aromatic carbocycles. The molecule has 0 saturated carbocycles. The van der Waals surface area contributed by atoms with Crippen molar-refractivity contribution < 1.29 is 18.7 Å². The zero-order chi connectivity index (χ0) is 18.8. The van der Waals surface area contributed by atoms with Gasteiger partial charge in [0.15, 0.2) is 0 Å². The summed E-state index contributed by atoms with van der Waals surface area (Å²) in [5.74, 6) is -1.00. The van der Waals surface area contributed by atoms with E-state index in [1.54, 1.807) is 0 Å². The number of nitrogens with one attached hydrogen (secondary N) is 1. The van der Waals surface area contributed by atoms with Gasteiger partial charge in [-0.05, 0) is 25.1 Å². The summed E-state index contributed by atoms with van der Waals surface area (Å²) in [5, 5.41) is 10.9. The first-order valence-corrected chi connectivity index (χ1v) is 7.67. The first-order valence-electron chi connectivity index (χ1n) is 7.67. The molecule has 134 valence electrons. The van der Waals surface area contributed by atoms with Gasteiger partial charge in [-0.25, -0.2) is 18.6 Å². The summed E-state index contributed by atoms with van der Waals surface area (Å²) in [5.41, 5.74) is 0.0152. The van der Waals surface area contributed by atoms with E-state index in [1.165, 1.54) is 25.3 Å². The first-order chi connectivity index (χ1) is 12.4. The molecule has 2 N–H and O–H groups in total. The van der Waals surface area contributed by atoms with Crippen LogP contribution in [-0.2, 0) is 6.42 Å². The fourth-order valence-electron chi connectivity index (χ4n) is 2.62. The molecular weight excluding hydrogens is 346 g/mol. The maximum Gasteiger partial charge on any atom is 0.404 e. The molecule has 0 spiro atoms. The average molecular weight is 360 g/mol. The quantitative estimate of drug-likeness (QED) is 0.743. The molecule has 0 unspecified atom stereocenters. The number of pyridine rings is 1. The molecular formula is C17H14F2N4O3. The van der Waals surface area contributed by atoms with Gasteiger partial charge in [0.05, 0.1) is 29.0 Å². The molecule has 9 heteroatoms. The summed E-state index contributed by atoms with van der Waals surface area (Å²) in [4.78, 5) is 31.7. The zero-order valence-electron chi connectivity index (χ0n) is 13.7. The van der Waals surface area contributed by atoms with E-state index in [4.69, 9.17) is 5.11 Å². The van der Waals surface area contributed by atoms with Crippen LogP contribution >= 0.6 is 0 Å². The number of fused-ring (bicyclic) bond motifs is 1. The van der Waals surface area contributed by atoms with Crippen molar-refractivity contribution >= 4 is 17.0 Å². The summed E-state index contributed by atoms with van der Waals surface area (Å²) >= 11 is 0. The van der Waals surface area contributed by atoms with Gasteiger partial charge in [-0.2, -0.15) is 0 Å². The Morgan fingerprint density at radius 3 is 2.81 bits per heavy atom. The van der Waals surface area contributed by atoms with E-state index in [9.17, 15) is 18.4 Å². The molecule has 3 rings (SSSR count). The van der Waals surface area contributed by atoms with E-state index in [2.05, 4.69) is 15.3 Å². The van der Waals surface area contributed by atoms with Crippen LogP contribution in [0.5, 0.6) is 0 Å². The molecule has 0 fully saturated rings. The third-order valence-electron chi connectivity index (χ3n) is 3.89. The topological polar surface area (TPSA) is 97.1 Å². The Hall–Kier alpha value is -3.36. The smallest absolute Gasteiger partial charge is 0.404 e. The van der Waals surface area contributed by atoms with Crippen LogP contribution in [0.4, 0.5) is 13.6 Å². The number of halogens is 2. The van der Waals surface area contributed by atoms with Crippen molar-refractivity contribution in [3.8, 4) is 5.69 Å². The Kier molecular flexibility index (Phi) is 4.61. The van der Waals surface area contributed by atoms with Crippen molar-refractivity contribution in [1.82, 2.24) is 19.9 Å². The average Bonchev–Trinajstić information content (AvgIpc) is 2.59. The van der Waals surface area contributed by atoms with Gasteiger partial charge < -0.3 is 10.4 Å². The highest BCUT2D eigenvalue weighted by atomic mass is 19.1. The van der Waals surface area contributed by atoms with Crippen LogP contribution in [0, 0.1) is 18.6 Å². The number of carboxylic acid groups (broad SMARTS) is 1. The maximum absolute atomic E-state index is 13.9. The van der Waals surface area contributed by atoms with Crippen LogP contribution in [0.3, 0.4) is 0 Å². The predicted octanol–water partition coefficient (Wildman–Crippen LogP) is 2.18. The predicted molar refractivity (Wildman–Crippen MR) is 89.5 cm³/mol. The normalized spacial score (nSPS) is 10.9. The molecule has 0 aliphatic heterocycles. The highest BCUT2D eigenvalue weighted by Crippen LogP contribution is 2.18. The molecule has 1 amide bonds. The molecule has 3 aromatic rings.